The number of nitrogens with zero attached hydrogens (tertiary/aromatic N) is 1. The minimum atomic E-state index is -0.956. The summed E-state index contributed by atoms with van der Waals surface area (Å²) in [6.45, 7) is 6.75. The largest absolute Gasteiger partial charge is 0.481 e. The summed E-state index contributed by atoms with van der Waals surface area (Å²) in [5.74, 6) is -1.11. The Hall–Kier alpha value is -1.79. The molecule has 0 aliphatic heterocycles. The second kappa shape index (κ2) is 10.1. The van der Waals surface area contributed by atoms with Crippen LogP contribution in [-0.2, 0) is 9.59 Å². The van der Waals surface area contributed by atoms with Crippen molar-refractivity contribution < 1.29 is 19.5 Å². The van der Waals surface area contributed by atoms with Gasteiger partial charge in [0.25, 0.3) is 0 Å². The van der Waals surface area contributed by atoms with E-state index in [4.69, 9.17) is 5.11 Å². The summed E-state index contributed by atoms with van der Waals surface area (Å²) in [6.07, 6.45) is 1.24. The first-order valence-corrected chi connectivity index (χ1v) is 6.98. The number of hydrogen-bond acceptors (Lipinski definition) is 3. The molecule has 0 radical (unpaired) electrons. The summed E-state index contributed by atoms with van der Waals surface area (Å²) in [5.41, 5.74) is 0. The zero-order chi connectivity index (χ0) is 15.5. The summed E-state index contributed by atoms with van der Waals surface area (Å²) in [4.78, 5) is 35.6. The zero-order valence-electron chi connectivity index (χ0n) is 12.4. The van der Waals surface area contributed by atoms with Crippen LogP contribution in [0.4, 0.5) is 4.79 Å². The molecule has 20 heavy (non-hydrogen) atoms. The number of carboxylic acids is 1. The van der Waals surface area contributed by atoms with Gasteiger partial charge in [-0.2, -0.15) is 0 Å². The Bertz CT molecular complexity index is 330. The third-order valence-corrected chi connectivity index (χ3v) is 2.91. The van der Waals surface area contributed by atoms with Crippen molar-refractivity contribution in [1.82, 2.24) is 15.5 Å². The van der Waals surface area contributed by atoms with Gasteiger partial charge in [0, 0.05) is 19.1 Å². The van der Waals surface area contributed by atoms with Gasteiger partial charge in [0.2, 0.25) is 5.91 Å². The van der Waals surface area contributed by atoms with Gasteiger partial charge in [0.05, 0.1) is 13.0 Å². The minimum absolute atomic E-state index is 0.0839. The molecular formula is C13H25N3O4. The fraction of sp³-hybridized carbons (Fsp3) is 0.769. The molecule has 3 amide bonds. The van der Waals surface area contributed by atoms with Gasteiger partial charge in [-0.25, -0.2) is 4.79 Å². The third kappa shape index (κ3) is 7.60. The highest BCUT2D eigenvalue weighted by Gasteiger charge is 2.16. The molecule has 0 fully saturated rings. The van der Waals surface area contributed by atoms with Gasteiger partial charge >= 0.3 is 12.0 Å². The van der Waals surface area contributed by atoms with Crippen LogP contribution in [0.2, 0.25) is 0 Å². The fourth-order valence-electron chi connectivity index (χ4n) is 1.86. The molecule has 0 aliphatic rings. The molecular weight excluding hydrogens is 262 g/mol. The van der Waals surface area contributed by atoms with E-state index in [1.165, 1.54) is 0 Å². The number of carboxylic acid groups (broad SMARTS) is 1. The molecule has 0 saturated heterocycles. The van der Waals surface area contributed by atoms with Crippen molar-refractivity contribution in [2.45, 2.75) is 46.1 Å². The smallest absolute Gasteiger partial charge is 0.315 e. The van der Waals surface area contributed by atoms with Crippen LogP contribution in [0.3, 0.4) is 0 Å². The lowest BCUT2D eigenvalue weighted by Crippen LogP contribution is -2.47. The first kappa shape index (κ1) is 18.2. The lowest BCUT2D eigenvalue weighted by atomic mass is 10.1. The van der Waals surface area contributed by atoms with Gasteiger partial charge < -0.3 is 20.6 Å². The Labute approximate surface area is 119 Å². The van der Waals surface area contributed by atoms with Gasteiger partial charge in [-0.3, -0.25) is 9.59 Å². The number of likely N-dealkylation sites (N-methyl/N-ethyl adjacent to an activating group) is 1. The van der Waals surface area contributed by atoms with E-state index in [1.54, 1.807) is 4.90 Å². The molecule has 0 aromatic heterocycles. The summed E-state index contributed by atoms with van der Waals surface area (Å²) in [6, 6.07) is -0.925. The Morgan fingerprint density at radius 2 is 1.75 bits per heavy atom. The maximum absolute atomic E-state index is 11.7. The zero-order valence-corrected chi connectivity index (χ0v) is 12.4. The molecule has 0 rings (SSSR count). The van der Waals surface area contributed by atoms with E-state index in [0.717, 1.165) is 6.42 Å². The van der Waals surface area contributed by atoms with Crippen LogP contribution in [0.1, 0.15) is 40.0 Å². The van der Waals surface area contributed by atoms with Gasteiger partial charge in [-0.1, -0.05) is 13.3 Å². The average molecular weight is 287 g/mol. The van der Waals surface area contributed by atoms with Gasteiger partial charge in [-0.15, -0.1) is 0 Å². The molecule has 0 aromatic rings. The number of carbonyl (C=O) groups is 3. The number of rotatable bonds is 9. The first-order chi connectivity index (χ1) is 9.44. The lowest BCUT2D eigenvalue weighted by Gasteiger charge is -2.20. The summed E-state index contributed by atoms with van der Waals surface area (Å²) < 4.78 is 0. The number of carbonyl (C=O) groups excluding carboxylic acids is 2. The van der Waals surface area contributed by atoms with Crippen molar-refractivity contribution in [2.24, 2.45) is 0 Å². The summed E-state index contributed by atoms with van der Waals surface area (Å²) >= 11 is 0. The van der Waals surface area contributed by atoms with E-state index >= 15 is 0 Å². The Morgan fingerprint density at radius 3 is 2.20 bits per heavy atom. The molecule has 1 atom stereocenters. The molecule has 0 aromatic carbocycles. The second-order valence-electron chi connectivity index (χ2n) is 4.48. The molecule has 116 valence electrons. The molecule has 1 unspecified atom stereocenters. The highest BCUT2D eigenvalue weighted by molar-refractivity contribution is 5.84. The van der Waals surface area contributed by atoms with E-state index in [9.17, 15) is 14.4 Å². The predicted octanol–water partition coefficient (Wildman–Crippen LogP) is 0.797. The number of hydrogen-bond donors (Lipinski definition) is 3. The molecule has 3 N–H and O–H groups in total. The molecule has 0 aliphatic carbocycles. The monoisotopic (exact) mass is 287 g/mol. The van der Waals surface area contributed by atoms with E-state index in [0.29, 0.717) is 19.5 Å². The van der Waals surface area contributed by atoms with Crippen molar-refractivity contribution in [3.8, 4) is 0 Å². The van der Waals surface area contributed by atoms with Crippen molar-refractivity contribution in [1.29, 1.82) is 0 Å². The van der Waals surface area contributed by atoms with Crippen molar-refractivity contribution in [3.05, 3.63) is 0 Å². The minimum Gasteiger partial charge on any atom is -0.481 e. The Kier molecular flexibility index (Phi) is 9.15. The normalized spacial score (nSPS) is 11.6. The van der Waals surface area contributed by atoms with Gasteiger partial charge in [-0.05, 0) is 20.3 Å². The van der Waals surface area contributed by atoms with Crippen LogP contribution in [0, 0.1) is 0 Å². The van der Waals surface area contributed by atoms with Gasteiger partial charge in [0.15, 0.2) is 0 Å². The molecule has 7 heteroatoms. The first-order valence-electron chi connectivity index (χ1n) is 6.98. The number of urea groups is 1. The molecule has 0 spiro atoms. The van der Waals surface area contributed by atoms with Crippen molar-refractivity contribution in [3.63, 3.8) is 0 Å². The summed E-state index contributed by atoms with van der Waals surface area (Å²) in [7, 11) is 0. The highest BCUT2D eigenvalue weighted by Crippen LogP contribution is 2.01. The van der Waals surface area contributed by atoms with Crippen LogP contribution >= 0.6 is 0 Å². The molecule has 7 nitrogen and oxygen atoms in total. The van der Waals surface area contributed by atoms with Crippen LogP contribution in [0.15, 0.2) is 0 Å². The lowest BCUT2D eigenvalue weighted by molar-refractivity contribution is -0.137. The Morgan fingerprint density at radius 1 is 1.15 bits per heavy atom. The Balaban J connectivity index is 4.19. The maximum atomic E-state index is 11.7. The summed E-state index contributed by atoms with van der Waals surface area (Å²) in [5, 5.41) is 13.8. The van der Waals surface area contributed by atoms with Crippen LogP contribution in [-0.4, -0.2) is 53.6 Å². The fourth-order valence-corrected chi connectivity index (χ4v) is 1.86. The van der Waals surface area contributed by atoms with Gasteiger partial charge in [0.1, 0.15) is 0 Å². The number of amides is 3. The predicted molar refractivity (Wildman–Crippen MR) is 75.4 cm³/mol. The average Bonchev–Trinajstić information content (AvgIpc) is 2.37. The van der Waals surface area contributed by atoms with Crippen molar-refractivity contribution >= 4 is 17.9 Å². The standard InChI is InChI=1S/C13H25N3O4/c1-4-7-10(8-12(18)19)15-13(20)14-9-11(17)16(5-2)6-3/h10H,4-9H2,1-3H3,(H,18,19)(H2,14,15,20). The van der Waals surface area contributed by atoms with E-state index in [1.807, 2.05) is 20.8 Å². The molecule has 0 bridgehead atoms. The van der Waals surface area contributed by atoms with Crippen molar-refractivity contribution in [2.75, 3.05) is 19.6 Å². The van der Waals surface area contributed by atoms with Crippen LogP contribution in [0.5, 0.6) is 0 Å². The second-order valence-corrected chi connectivity index (χ2v) is 4.48. The topological polar surface area (TPSA) is 98.7 Å². The SMILES string of the molecule is CCCC(CC(=O)O)NC(=O)NCC(=O)N(CC)CC. The van der Waals surface area contributed by atoms with E-state index in [-0.39, 0.29) is 18.9 Å². The molecule has 0 heterocycles. The van der Waals surface area contributed by atoms with Crippen LogP contribution in [0.25, 0.3) is 0 Å². The van der Waals surface area contributed by atoms with Crippen LogP contribution < -0.4 is 10.6 Å². The quantitative estimate of drug-likeness (QED) is 0.584. The molecule has 0 saturated carbocycles. The number of aliphatic carboxylic acids is 1. The third-order valence-electron chi connectivity index (χ3n) is 2.91. The number of nitrogens with one attached hydrogen (secondary N) is 2. The highest BCUT2D eigenvalue weighted by atomic mass is 16.4. The maximum Gasteiger partial charge on any atom is 0.315 e. The van der Waals surface area contributed by atoms with E-state index in [2.05, 4.69) is 10.6 Å². The van der Waals surface area contributed by atoms with E-state index < -0.39 is 18.0 Å².